The van der Waals surface area contributed by atoms with Crippen LogP contribution in [0.3, 0.4) is 0 Å². The third-order valence-electron chi connectivity index (χ3n) is 2.98. The van der Waals surface area contributed by atoms with Gasteiger partial charge < -0.3 is 14.4 Å². The van der Waals surface area contributed by atoms with Gasteiger partial charge in [-0.1, -0.05) is 11.6 Å². The Balaban J connectivity index is 2.44. The van der Waals surface area contributed by atoms with E-state index in [2.05, 4.69) is 0 Å². The third kappa shape index (κ3) is 3.42. The molecule has 2 rings (SSSR count). The van der Waals surface area contributed by atoms with Crippen molar-refractivity contribution in [2.75, 3.05) is 0 Å². The number of carboxylic acid groups (broad SMARTS) is 1. The van der Waals surface area contributed by atoms with Gasteiger partial charge in [-0.15, -0.1) is 0 Å². The number of ether oxygens (including phenoxy) is 1. The van der Waals surface area contributed by atoms with E-state index in [1.165, 1.54) is 4.57 Å². The van der Waals surface area contributed by atoms with Crippen molar-refractivity contribution in [2.45, 2.75) is 39.8 Å². The number of carbonyl (C=O) groups is 2. The average molecular weight is 289 g/mol. The van der Waals surface area contributed by atoms with Crippen molar-refractivity contribution in [3.8, 4) is 0 Å². The molecule has 1 heterocycles. The number of carbonyl (C=O) groups excluding carboxylic acids is 1. The summed E-state index contributed by atoms with van der Waals surface area (Å²) in [6, 6.07) is 7.18. The van der Waals surface area contributed by atoms with Crippen LogP contribution in [-0.4, -0.2) is 27.2 Å². The maximum Gasteiger partial charge on any atom is 0.352 e. The minimum Gasteiger partial charge on any atom is -0.477 e. The molecular weight excluding hydrogens is 270 g/mol. The summed E-state index contributed by atoms with van der Waals surface area (Å²) in [4.78, 5) is 23.3. The van der Waals surface area contributed by atoms with Crippen molar-refractivity contribution in [3.05, 3.63) is 35.5 Å². The highest BCUT2D eigenvalue weighted by molar-refractivity contribution is 5.95. The second-order valence-corrected chi connectivity index (χ2v) is 6.07. The molecule has 0 unspecified atom stereocenters. The maximum absolute atomic E-state index is 12.0. The fraction of sp³-hybridized carbons (Fsp3) is 0.375. The van der Waals surface area contributed by atoms with Gasteiger partial charge in [0.2, 0.25) is 0 Å². The monoisotopic (exact) mass is 289 g/mol. The topological polar surface area (TPSA) is 68.5 Å². The van der Waals surface area contributed by atoms with E-state index in [4.69, 9.17) is 4.74 Å². The Labute approximate surface area is 123 Å². The van der Waals surface area contributed by atoms with Crippen molar-refractivity contribution in [2.24, 2.45) is 0 Å². The largest absolute Gasteiger partial charge is 0.477 e. The van der Waals surface area contributed by atoms with E-state index >= 15 is 0 Å². The predicted molar refractivity (Wildman–Crippen MR) is 79.5 cm³/mol. The molecule has 1 aromatic carbocycles. The van der Waals surface area contributed by atoms with E-state index < -0.39 is 17.5 Å². The first-order chi connectivity index (χ1) is 9.67. The second-order valence-electron chi connectivity index (χ2n) is 6.07. The molecule has 0 saturated heterocycles. The van der Waals surface area contributed by atoms with Crippen molar-refractivity contribution >= 4 is 22.8 Å². The summed E-state index contributed by atoms with van der Waals surface area (Å²) in [6.45, 7) is 7.15. The van der Waals surface area contributed by atoms with Crippen LogP contribution in [0.4, 0.5) is 0 Å². The number of benzene rings is 1. The van der Waals surface area contributed by atoms with E-state index in [0.717, 1.165) is 10.9 Å². The van der Waals surface area contributed by atoms with Crippen LogP contribution in [0.1, 0.15) is 36.8 Å². The molecule has 21 heavy (non-hydrogen) atoms. The van der Waals surface area contributed by atoms with Gasteiger partial charge in [0.25, 0.3) is 0 Å². The average Bonchev–Trinajstić information content (AvgIpc) is 2.64. The van der Waals surface area contributed by atoms with Crippen LogP contribution in [0.2, 0.25) is 0 Å². The van der Waals surface area contributed by atoms with Crippen molar-refractivity contribution in [1.29, 1.82) is 0 Å². The Morgan fingerprint density at radius 3 is 2.48 bits per heavy atom. The van der Waals surface area contributed by atoms with Crippen LogP contribution in [0, 0.1) is 6.92 Å². The molecule has 5 heteroatoms. The number of nitrogens with zero attached hydrogens (tertiary/aromatic N) is 1. The summed E-state index contributed by atoms with van der Waals surface area (Å²) in [6.07, 6.45) is 0. The standard InChI is InChI=1S/C16H19NO4/c1-10-5-6-12-11(7-10)8-13(15(19)20)17(12)9-14(18)21-16(2,3)4/h5-8H,9H2,1-4H3,(H,19,20). The minimum atomic E-state index is -1.06. The summed E-state index contributed by atoms with van der Waals surface area (Å²) in [5.74, 6) is -1.52. The minimum absolute atomic E-state index is 0.0847. The highest BCUT2D eigenvalue weighted by Crippen LogP contribution is 2.22. The molecule has 0 aliphatic heterocycles. The first-order valence-corrected chi connectivity index (χ1v) is 6.72. The van der Waals surface area contributed by atoms with Gasteiger partial charge in [-0.3, -0.25) is 4.79 Å². The van der Waals surface area contributed by atoms with E-state index in [1.807, 2.05) is 25.1 Å². The van der Waals surface area contributed by atoms with Gasteiger partial charge in [0.15, 0.2) is 0 Å². The summed E-state index contributed by atoms with van der Waals surface area (Å²) >= 11 is 0. The quantitative estimate of drug-likeness (QED) is 0.882. The molecule has 0 saturated carbocycles. The lowest BCUT2D eigenvalue weighted by molar-refractivity contribution is -0.155. The number of carboxylic acids is 1. The Bertz CT molecular complexity index is 707. The van der Waals surface area contributed by atoms with Crippen LogP contribution in [0.25, 0.3) is 10.9 Å². The molecule has 1 N–H and O–H groups in total. The number of fused-ring (bicyclic) bond motifs is 1. The van der Waals surface area contributed by atoms with Crippen LogP contribution >= 0.6 is 0 Å². The number of aromatic carboxylic acids is 1. The third-order valence-corrected chi connectivity index (χ3v) is 2.98. The number of hydrogen-bond acceptors (Lipinski definition) is 3. The molecule has 0 atom stereocenters. The Morgan fingerprint density at radius 1 is 1.24 bits per heavy atom. The van der Waals surface area contributed by atoms with Gasteiger partial charge >= 0.3 is 11.9 Å². The number of aryl methyl sites for hydroxylation is 1. The Hall–Kier alpha value is -2.30. The Morgan fingerprint density at radius 2 is 1.90 bits per heavy atom. The van der Waals surface area contributed by atoms with Gasteiger partial charge in [0.1, 0.15) is 17.8 Å². The highest BCUT2D eigenvalue weighted by Gasteiger charge is 2.21. The second kappa shape index (κ2) is 5.24. The van der Waals surface area contributed by atoms with Gasteiger partial charge in [-0.05, 0) is 45.9 Å². The first kappa shape index (κ1) is 15.1. The summed E-state index contributed by atoms with van der Waals surface area (Å²) in [7, 11) is 0. The smallest absolute Gasteiger partial charge is 0.352 e. The van der Waals surface area contributed by atoms with Crippen LogP contribution in [-0.2, 0) is 16.1 Å². The molecule has 0 radical (unpaired) electrons. The van der Waals surface area contributed by atoms with E-state index in [1.54, 1.807) is 26.8 Å². The van der Waals surface area contributed by atoms with Gasteiger partial charge in [0, 0.05) is 10.9 Å². The fourth-order valence-electron chi connectivity index (χ4n) is 2.24. The molecule has 0 spiro atoms. The van der Waals surface area contributed by atoms with Crippen molar-refractivity contribution < 1.29 is 19.4 Å². The zero-order chi connectivity index (χ0) is 15.8. The van der Waals surface area contributed by atoms with Crippen LogP contribution in [0.15, 0.2) is 24.3 Å². The summed E-state index contributed by atoms with van der Waals surface area (Å²) in [5.41, 5.74) is 1.24. The molecule has 0 bridgehead atoms. The zero-order valence-corrected chi connectivity index (χ0v) is 12.6. The molecule has 0 aliphatic carbocycles. The molecule has 112 valence electrons. The molecule has 0 fully saturated rings. The van der Waals surface area contributed by atoms with E-state index in [0.29, 0.717) is 5.52 Å². The van der Waals surface area contributed by atoms with Gasteiger partial charge in [0.05, 0.1) is 0 Å². The van der Waals surface area contributed by atoms with Crippen molar-refractivity contribution in [3.63, 3.8) is 0 Å². The molecule has 2 aromatic rings. The summed E-state index contributed by atoms with van der Waals surface area (Å²) < 4.78 is 6.74. The molecule has 5 nitrogen and oxygen atoms in total. The van der Waals surface area contributed by atoms with Crippen LogP contribution < -0.4 is 0 Å². The fourth-order valence-corrected chi connectivity index (χ4v) is 2.24. The summed E-state index contributed by atoms with van der Waals surface area (Å²) in [5, 5.41) is 10.1. The van der Waals surface area contributed by atoms with Gasteiger partial charge in [-0.2, -0.15) is 0 Å². The van der Waals surface area contributed by atoms with E-state index in [-0.39, 0.29) is 12.2 Å². The zero-order valence-electron chi connectivity index (χ0n) is 12.6. The molecule has 0 amide bonds. The normalized spacial score (nSPS) is 11.6. The van der Waals surface area contributed by atoms with E-state index in [9.17, 15) is 14.7 Å². The lowest BCUT2D eigenvalue weighted by Gasteiger charge is -2.20. The van der Waals surface area contributed by atoms with Gasteiger partial charge in [-0.25, -0.2) is 4.79 Å². The predicted octanol–water partition coefficient (Wildman–Crippen LogP) is 2.99. The lowest BCUT2D eigenvalue weighted by atomic mass is 10.2. The van der Waals surface area contributed by atoms with Crippen LogP contribution in [0.5, 0.6) is 0 Å². The Kier molecular flexibility index (Phi) is 3.77. The molecule has 0 aliphatic rings. The number of rotatable bonds is 3. The highest BCUT2D eigenvalue weighted by atomic mass is 16.6. The SMILES string of the molecule is Cc1ccc2c(c1)cc(C(=O)O)n2CC(=O)OC(C)(C)C. The van der Waals surface area contributed by atoms with Crippen molar-refractivity contribution in [1.82, 2.24) is 4.57 Å². The first-order valence-electron chi connectivity index (χ1n) is 6.72. The lowest BCUT2D eigenvalue weighted by Crippen LogP contribution is -2.27. The number of aromatic nitrogens is 1. The maximum atomic E-state index is 12.0. The molecule has 1 aromatic heterocycles. The number of esters is 1. The molecular formula is C16H19NO4. The number of hydrogen-bond donors (Lipinski definition) is 1.